The summed E-state index contributed by atoms with van der Waals surface area (Å²) in [7, 11) is 2.20. The summed E-state index contributed by atoms with van der Waals surface area (Å²) >= 11 is 0. The van der Waals surface area contributed by atoms with Gasteiger partial charge >= 0.3 is 0 Å². The van der Waals surface area contributed by atoms with Crippen LogP contribution in [0.2, 0.25) is 0 Å². The Hall–Kier alpha value is -0.0800. The van der Waals surface area contributed by atoms with Gasteiger partial charge in [-0.1, -0.05) is 0 Å². The van der Waals surface area contributed by atoms with Crippen LogP contribution in [0, 0.1) is 5.92 Å². The van der Waals surface area contributed by atoms with Gasteiger partial charge in [0.05, 0.1) is 0 Å². The zero-order valence-electron chi connectivity index (χ0n) is 5.88. The Morgan fingerprint density at radius 2 is 2.22 bits per heavy atom. The normalized spacial score (nSPS) is 50.7. The van der Waals surface area contributed by atoms with Crippen molar-refractivity contribution in [1.82, 2.24) is 4.90 Å². The third-order valence-corrected chi connectivity index (χ3v) is 2.87. The Morgan fingerprint density at radius 3 is 2.56 bits per heavy atom. The van der Waals surface area contributed by atoms with E-state index in [1.54, 1.807) is 0 Å². The molecule has 52 valence electrons. The number of hydrogen-bond acceptors (Lipinski definition) is 2. The standard InChI is InChI=1S/C7H14N2/c1-9-4-5-2-6(9)3-7(5)8/h5-7H,2-4,8H2,1H3/t5?,6-,7+/m1/s1. The van der Waals surface area contributed by atoms with Gasteiger partial charge in [0.2, 0.25) is 0 Å². The monoisotopic (exact) mass is 126 g/mol. The summed E-state index contributed by atoms with van der Waals surface area (Å²) in [5, 5.41) is 0. The molecule has 3 atom stereocenters. The highest BCUT2D eigenvalue weighted by molar-refractivity contribution is 4.97. The topological polar surface area (TPSA) is 29.3 Å². The van der Waals surface area contributed by atoms with E-state index in [0.29, 0.717) is 6.04 Å². The molecule has 0 spiro atoms. The van der Waals surface area contributed by atoms with Crippen LogP contribution in [0.15, 0.2) is 0 Å². The highest BCUT2D eigenvalue weighted by atomic mass is 15.2. The minimum atomic E-state index is 0.520. The number of nitrogens with zero attached hydrogens (tertiary/aromatic N) is 1. The molecule has 2 rings (SSSR count). The number of hydrogen-bond donors (Lipinski definition) is 1. The van der Waals surface area contributed by atoms with Crippen LogP contribution < -0.4 is 5.73 Å². The quantitative estimate of drug-likeness (QED) is 0.496. The predicted molar refractivity (Wildman–Crippen MR) is 37.1 cm³/mol. The van der Waals surface area contributed by atoms with Crippen molar-refractivity contribution in [3.8, 4) is 0 Å². The van der Waals surface area contributed by atoms with Gasteiger partial charge in [0.25, 0.3) is 0 Å². The van der Waals surface area contributed by atoms with Crippen LogP contribution in [0.4, 0.5) is 0 Å². The molecule has 2 N–H and O–H groups in total. The van der Waals surface area contributed by atoms with Gasteiger partial charge in [-0.05, 0) is 25.8 Å². The molecule has 2 heteroatoms. The van der Waals surface area contributed by atoms with Crippen LogP contribution in [0.3, 0.4) is 0 Å². The van der Waals surface area contributed by atoms with Gasteiger partial charge < -0.3 is 10.6 Å². The zero-order valence-corrected chi connectivity index (χ0v) is 5.88. The minimum Gasteiger partial charge on any atom is -0.327 e. The van der Waals surface area contributed by atoms with Gasteiger partial charge in [-0.2, -0.15) is 0 Å². The summed E-state index contributed by atoms with van der Waals surface area (Å²) < 4.78 is 0. The van der Waals surface area contributed by atoms with Gasteiger partial charge in [0.1, 0.15) is 0 Å². The van der Waals surface area contributed by atoms with E-state index in [1.165, 1.54) is 19.4 Å². The molecule has 2 aliphatic rings. The molecule has 1 heterocycles. The van der Waals surface area contributed by atoms with E-state index in [0.717, 1.165) is 12.0 Å². The number of likely N-dealkylation sites (tertiary alicyclic amines) is 1. The maximum Gasteiger partial charge on any atom is 0.0111 e. The van der Waals surface area contributed by atoms with E-state index in [2.05, 4.69) is 11.9 Å². The molecule has 1 saturated heterocycles. The van der Waals surface area contributed by atoms with E-state index in [1.807, 2.05) is 0 Å². The fourth-order valence-corrected chi connectivity index (χ4v) is 2.22. The number of rotatable bonds is 0. The average Bonchev–Trinajstić information content (AvgIpc) is 2.24. The summed E-state index contributed by atoms with van der Waals surface area (Å²) in [6.45, 7) is 1.24. The molecule has 9 heavy (non-hydrogen) atoms. The van der Waals surface area contributed by atoms with Crippen LogP contribution in [-0.4, -0.2) is 30.6 Å². The lowest BCUT2D eigenvalue weighted by atomic mass is 10.1. The van der Waals surface area contributed by atoms with Crippen LogP contribution >= 0.6 is 0 Å². The summed E-state index contributed by atoms with van der Waals surface area (Å²) in [4.78, 5) is 2.44. The van der Waals surface area contributed by atoms with Crippen LogP contribution in [-0.2, 0) is 0 Å². The molecule has 2 nitrogen and oxygen atoms in total. The molecule has 1 aliphatic carbocycles. The third kappa shape index (κ3) is 0.700. The van der Waals surface area contributed by atoms with Crippen molar-refractivity contribution in [2.45, 2.75) is 24.9 Å². The van der Waals surface area contributed by atoms with Crippen molar-refractivity contribution < 1.29 is 0 Å². The minimum absolute atomic E-state index is 0.520. The first-order chi connectivity index (χ1) is 4.27. The first kappa shape index (κ1) is 5.69. The Balaban J connectivity index is 2.10. The lowest BCUT2D eigenvalue weighted by Gasteiger charge is -2.25. The van der Waals surface area contributed by atoms with Crippen molar-refractivity contribution in [3.63, 3.8) is 0 Å². The van der Waals surface area contributed by atoms with E-state index >= 15 is 0 Å². The van der Waals surface area contributed by atoms with Crippen LogP contribution in [0.1, 0.15) is 12.8 Å². The van der Waals surface area contributed by atoms with Gasteiger partial charge in [0, 0.05) is 18.6 Å². The molecule has 1 unspecified atom stereocenters. The highest BCUT2D eigenvalue weighted by Crippen LogP contribution is 2.35. The fourth-order valence-electron chi connectivity index (χ4n) is 2.22. The lowest BCUT2D eigenvalue weighted by Crippen LogP contribution is -2.38. The molecular weight excluding hydrogens is 112 g/mol. The maximum atomic E-state index is 5.86. The number of piperidine rings is 1. The highest BCUT2D eigenvalue weighted by Gasteiger charge is 2.40. The summed E-state index contributed by atoms with van der Waals surface area (Å²) in [6.07, 6.45) is 2.60. The van der Waals surface area contributed by atoms with Gasteiger partial charge in [0.15, 0.2) is 0 Å². The second-order valence-corrected chi connectivity index (χ2v) is 3.49. The summed E-state index contributed by atoms with van der Waals surface area (Å²) in [5.74, 6) is 0.819. The van der Waals surface area contributed by atoms with Crippen molar-refractivity contribution in [3.05, 3.63) is 0 Å². The molecule has 0 aromatic rings. The van der Waals surface area contributed by atoms with E-state index in [4.69, 9.17) is 5.73 Å². The summed E-state index contributed by atoms with van der Waals surface area (Å²) in [5.41, 5.74) is 5.86. The molecular formula is C7H14N2. The van der Waals surface area contributed by atoms with Crippen LogP contribution in [0.5, 0.6) is 0 Å². The van der Waals surface area contributed by atoms with Gasteiger partial charge in [-0.15, -0.1) is 0 Å². The predicted octanol–water partition coefficient (Wildman–Crippen LogP) is 0.0377. The molecule has 2 fully saturated rings. The van der Waals surface area contributed by atoms with E-state index in [-0.39, 0.29) is 0 Å². The Labute approximate surface area is 56.0 Å². The zero-order chi connectivity index (χ0) is 6.43. The van der Waals surface area contributed by atoms with Crippen molar-refractivity contribution in [2.24, 2.45) is 11.7 Å². The SMILES string of the molecule is CN1CC2C[C@@H]1C[C@@H]2N. The Bertz CT molecular complexity index is 106. The average molecular weight is 126 g/mol. The first-order valence-electron chi connectivity index (χ1n) is 3.73. The maximum absolute atomic E-state index is 5.86. The second-order valence-electron chi connectivity index (χ2n) is 3.49. The third-order valence-electron chi connectivity index (χ3n) is 2.87. The molecule has 0 radical (unpaired) electrons. The first-order valence-corrected chi connectivity index (χ1v) is 3.73. The van der Waals surface area contributed by atoms with Crippen molar-refractivity contribution >= 4 is 0 Å². The number of nitrogens with two attached hydrogens (primary N) is 1. The smallest absolute Gasteiger partial charge is 0.0111 e. The van der Waals surface area contributed by atoms with Gasteiger partial charge in [-0.25, -0.2) is 0 Å². The van der Waals surface area contributed by atoms with E-state index < -0.39 is 0 Å². The van der Waals surface area contributed by atoms with Crippen LogP contribution in [0.25, 0.3) is 0 Å². The second kappa shape index (κ2) is 1.70. The largest absolute Gasteiger partial charge is 0.327 e. The Kier molecular flexibility index (Phi) is 1.08. The molecule has 2 bridgehead atoms. The van der Waals surface area contributed by atoms with Crippen molar-refractivity contribution in [2.75, 3.05) is 13.6 Å². The molecule has 0 aromatic carbocycles. The molecule has 0 amide bonds. The Morgan fingerprint density at radius 1 is 1.44 bits per heavy atom. The molecule has 1 aliphatic heterocycles. The fraction of sp³-hybridized carbons (Fsp3) is 1.00. The van der Waals surface area contributed by atoms with Crippen molar-refractivity contribution in [1.29, 1.82) is 0 Å². The van der Waals surface area contributed by atoms with E-state index in [9.17, 15) is 0 Å². The molecule has 0 aromatic heterocycles. The molecule has 1 saturated carbocycles. The van der Waals surface area contributed by atoms with Gasteiger partial charge in [-0.3, -0.25) is 0 Å². The lowest BCUT2D eigenvalue weighted by molar-refractivity contribution is 0.243. The summed E-state index contributed by atoms with van der Waals surface area (Å²) in [6, 6.07) is 1.34. The number of fused-ring (bicyclic) bond motifs is 2.